The van der Waals surface area contributed by atoms with E-state index in [1.54, 1.807) is 31.0 Å². The Hall–Kier alpha value is -1.85. The Balaban J connectivity index is 2.20. The molecule has 0 aromatic heterocycles. The van der Waals surface area contributed by atoms with Crippen LogP contribution in [0.3, 0.4) is 0 Å². The fourth-order valence-electron chi connectivity index (χ4n) is 2.46. The number of rotatable bonds is 6. The van der Waals surface area contributed by atoms with Gasteiger partial charge in [-0.2, -0.15) is 0 Å². The van der Waals surface area contributed by atoms with Gasteiger partial charge < -0.3 is 10.2 Å². The number of nitrogens with one attached hydrogen (secondary N) is 1. The van der Waals surface area contributed by atoms with Crippen molar-refractivity contribution < 1.29 is 9.59 Å². The van der Waals surface area contributed by atoms with Crippen molar-refractivity contribution >= 4 is 39.3 Å². The minimum Gasteiger partial charge on any atom is -0.357 e. The Morgan fingerprint density at radius 3 is 2.20 bits per heavy atom. The molecule has 0 heterocycles. The van der Waals surface area contributed by atoms with Crippen LogP contribution in [0.4, 0.5) is 0 Å². The van der Waals surface area contributed by atoms with Crippen molar-refractivity contribution in [3.8, 4) is 0 Å². The molecule has 0 aliphatic carbocycles. The molecule has 0 fully saturated rings. The second kappa shape index (κ2) is 9.02. The van der Waals surface area contributed by atoms with Crippen molar-refractivity contribution in [2.45, 2.75) is 25.9 Å². The zero-order chi connectivity index (χ0) is 18.4. The van der Waals surface area contributed by atoms with E-state index in [4.69, 9.17) is 11.6 Å². The topological polar surface area (TPSA) is 49.4 Å². The van der Waals surface area contributed by atoms with Gasteiger partial charge in [0.05, 0.1) is 6.42 Å². The summed E-state index contributed by atoms with van der Waals surface area (Å²) in [6, 6.07) is 14.3. The zero-order valence-corrected chi connectivity index (χ0v) is 16.5. The summed E-state index contributed by atoms with van der Waals surface area (Å²) < 4.78 is 0.967. The maximum absolute atomic E-state index is 12.8. The van der Waals surface area contributed by atoms with Crippen LogP contribution in [0.2, 0.25) is 5.02 Å². The summed E-state index contributed by atoms with van der Waals surface area (Å²) in [5, 5.41) is 3.24. The van der Waals surface area contributed by atoms with E-state index in [0.717, 1.165) is 15.6 Å². The van der Waals surface area contributed by atoms with Gasteiger partial charge in [-0.15, -0.1) is 0 Å². The summed E-state index contributed by atoms with van der Waals surface area (Å²) in [5.74, 6) is -0.303. The van der Waals surface area contributed by atoms with E-state index < -0.39 is 6.04 Å². The highest BCUT2D eigenvalue weighted by Gasteiger charge is 2.25. The maximum atomic E-state index is 12.8. The third kappa shape index (κ3) is 5.58. The van der Waals surface area contributed by atoms with E-state index in [2.05, 4.69) is 21.2 Å². The van der Waals surface area contributed by atoms with Gasteiger partial charge in [0.2, 0.25) is 11.8 Å². The average Bonchev–Trinajstić information content (AvgIpc) is 2.61. The van der Waals surface area contributed by atoms with E-state index >= 15 is 0 Å². The summed E-state index contributed by atoms with van der Waals surface area (Å²) >= 11 is 9.29. The number of carbonyl (C=O) groups excluding carboxylic acids is 2. The lowest BCUT2D eigenvalue weighted by Crippen LogP contribution is -2.47. The number of likely N-dealkylation sites (N-methyl/N-ethyl adjacent to an activating group) is 1. The van der Waals surface area contributed by atoms with Gasteiger partial charge in [-0.25, -0.2) is 0 Å². The highest BCUT2D eigenvalue weighted by atomic mass is 79.9. The van der Waals surface area contributed by atoms with Crippen molar-refractivity contribution in [3.63, 3.8) is 0 Å². The molecule has 25 heavy (non-hydrogen) atoms. The van der Waals surface area contributed by atoms with Crippen LogP contribution < -0.4 is 5.32 Å². The van der Waals surface area contributed by atoms with Gasteiger partial charge >= 0.3 is 0 Å². The minimum atomic E-state index is -0.562. The molecular weight excluding hydrogens is 404 g/mol. The van der Waals surface area contributed by atoms with Crippen molar-refractivity contribution in [1.29, 1.82) is 0 Å². The molecule has 6 heteroatoms. The minimum absolute atomic E-state index is 0.110. The zero-order valence-electron chi connectivity index (χ0n) is 14.1. The molecule has 1 atom stereocenters. The molecule has 0 aliphatic rings. The van der Waals surface area contributed by atoms with Crippen LogP contribution in [-0.2, 0) is 22.6 Å². The number of hydrogen-bond acceptors (Lipinski definition) is 2. The molecule has 2 aromatic rings. The molecule has 4 nitrogen and oxygen atoms in total. The average molecular weight is 424 g/mol. The fraction of sp³-hybridized carbons (Fsp3) is 0.263. The first-order chi connectivity index (χ1) is 11.9. The first kappa shape index (κ1) is 19.5. The Morgan fingerprint density at radius 2 is 1.64 bits per heavy atom. The van der Waals surface area contributed by atoms with Crippen LogP contribution in [0.25, 0.3) is 0 Å². The van der Waals surface area contributed by atoms with Crippen LogP contribution >= 0.6 is 27.5 Å². The molecule has 2 rings (SSSR count). The molecule has 0 aliphatic heterocycles. The van der Waals surface area contributed by atoms with Gasteiger partial charge in [0.15, 0.2) is 0 Å². The highest BCUT2D eigenvalue weighted by Crippen LogP contribution is 2.16. The van der Waals surface area contributed by atoms with E-state index in [1.165, 1.54) is 0 Å². The summed E-state index contributed by atoms with van der Waals surface area (Å²) in [5.41, 5.74) is 1.82. The van der Waals surface area contributed by atoms with E-state index in [-0.39, 0.29) is 18.2 Å². The first-order valence-corrected chi connectivity index (χ1v) is 9.07. The molecule has 0 saturated heterocycles. The molecule has 132 valence electrons. The lowest BCUT2D eigenvalue weighted by Gasteiger charge is -2.28. The molecule has 2 aromatic carbocycles. The molecule has 0 saturated carbocycles. The SMILES string of the molecule is CNC(=O)[C@H](C)N(Cc1ccc(Br)cc1)C(=O)Cc1ccc(Cl)cc1. The second-order valence-corrected chi connectivity index (χ2v) is 7.09. The van der Waals surface area contributed by atoms with Crippen molar-refractivity contribution in [2.75, 3.05) is 7.05 Å². The third-order valence-corrected chi connectivity index (χ3v) is 4.73. The lowest BCUT2D eigenvalue weighted by molar-refractivity contribution is -0.139. The second-order valence-electron chi connectivity index (χ2n) is 5.74. The normalized spacial score (nSPS) is 11.7. The van der Waals surface area contributed by atoms with E-state index in [9.17, 15) is 9.59 Å². The molecule has 0 bridgehead atoms. The third-order valence-electron chi connectivity index (χ3n) is 3.95. The quantitative estimate of drug-likeness (QED) is 0.768. The largest absolute Gasteiger partial charge is 0.357 e. The maximum Gasteiger partial charge on any atom is 0.242 e. The Kier molecular flexibility index (Phi) is 7.02. The standard InChI is InChI=1S/C19H20BrClN2O2/c1-13(19(25)22-2)23(12-15-3-7-16(20)8-4-15)18(24)11-14-5-9-17(21)10-6-14/h3-10,13H,11-12H2,1-2H3,(H,22,25)/t13-/m0/s1. The summed E-state index contributed by atoms with van der Waals surface area (Å²) in [7, 11) is 1.57. The Bertz CT molecular complexity index is 732. The summed E-state index contributed by atoms with van der Waals surface area (Å²) in [4.78, 5) is 26.5. The number of amides is 2. The monoisotopic (exact) mass is 422 g/mol. The summed E-state index contributed by atoms with van der Waals surface area (Å²) in [6.45, 7) is 2.10. The van der Waals surface area contributed by atoms with Gasteiger partial charge in [-0.05, 0) is 42.3 Å². The van der Waals surface area contributed by atoms with Crippen LogP contribution in [-0.4, -0.2) is 29.8 Å². The van der Waals surface area contributed by atoms with Crippen LogP contribution in [0.15, 0.2) is 53.0 Å². The van der Waals surface area contributed by atoms with Crippen LogP contribution in [0, 0.1) is 0 Å². The predicted octanol–water partition coefficient (Wildman–Crippen LogP) is 3.81. The van der Waals surface area contributed by atoms with Crippen LogP contribution in [0.1, 0.15) is 18.1 Å². The molecule has 0 radical (unpaired) electrons. The van der Waals surface area contributed by atoms with Crippen LogP contribution in [0.5, 0.6) is 0 Å². The predicted molar refractivity (Wildman–Crippen MR) is 103 cm³/mol. The van der Waals surface area contributed by atoms with Gasteiger partial charge in [0.25, 0.3) is 0 Å². The van der Waals surface area contributed by atoms with Crippen molar-refractivity contribution in [2.24, 2.45) is 0 Å². The van der Waals surface area contributed by atoms with Crippen molar-refractivity contribution in [1.82, 2.24) is 10.2 Å². The molecular formula is C19H20BrClN2O2. The number of nitrogens with zero attached hydrogens (tertiary/aromatic N) is 1. The Morgan fingerprint density at radius 1 is 1.08 bits per heavy atom. The van der Waals surface area contributed by atoms with Crippen molar-refractivity contribution in [3.05, 3.63) is 69.2 Å². The number of benzene rings is 2. The van der Waals surface area contributed by atoms with Gasteiger partial charge in [-0.3, -0.25) is 9.59 Å². The Labute approximate surface area is 161 Å². The van der Waals surface area contributed by atoms with E-state index in [1.807, 2.05) is 36.4 Å². The first-order valence-electron chi connectivity index (χ1n) is 7.90. The van der Waals surface area contributed by atoms with Gasteiger partial charge in [-0.1, -0.05) is 51.8 Å². The van der Waals surface area contributed by atoms with Gasteiger partial charge in [0.1, 0.15) is 6.04 Å². The highest BCUT2D eigenvalue weighted by molar-refractivity contribution is 9.10. The van der Waals surface area contributed by atoms with E-state index in [0.29, 0.717) is 11.6 Å². The molecule has 0 unspecified atom stereocenters. The number of halogens is 2. The summed E-state index contributed by atoms with van der Waals surface area (Å²) in [6.07, 6.45) is 0.217. The van der Waals surface area contributed by atoms with Gasteiger partial charge in [0, 0.05) is 23.1 Å². The molecule has 2 amide bonds. The number of carbonyl (C=O) groups is 2. The molecule has 1 N–H and O–H groups in total. The lowest BCUT2D eigenvalue weighted by atomic mass is 10.1. The fourth-order valence-corrected chi connectivity index (χ4v) is 2.85. The number of hydrogen-bond donors (Lipinski definition) is 1. The smallest absolute Gasteiger partial charge is 0.242 e. The molecule has 0 spiro atoms.